The molecule has 0 radical (unpaired) electrons. The number of anilines is 3. The fourth-order valence-corrected chi connectivity index (χ4v) is 7.99. The van der Waals surface area contributed by atoms with Gasteiger partial charge in [0.1, 0.15) is 0 Å². The van der Waals surface area contributed by atoms with Gasteiger partial charge >= 0.3 is 0 Å². The van der Waals surface area contributed by atoms with Crippen molar-refractivity contribution in [1.82, 2.24) is 0 Å². The largest absolute Gasteiger partial charge is 0.309 e. The molecule has 10 aromatic rings. The molecule has 1 nitrogen and oxygen atoms in total. The van der Waals surface area contributed by atoms with Crippen LogP contribution in [0, 0.1) is 0 Å². The summed E-state index contributed by atoms with van der Waals surface area (Å²) in [6.45, 7) is 0. The maximum absolute atomic E-state index is 2.46. The summed E-state index contributed by atoms with van der Waals surface area (Å²) in [7, 11) is 0. The minimum absolute atomic E-state index is 1.09. The number of nitrogens with zero attached hydrogens (tertiary/aromatic N) is 1. The lowest BCUT2D eigenvalue weighted by Gasteiger charge is -2.30. The molecule has 0 saturated heterocycles. The molecule has 55 heavy (non-hydrogen) atoms. The lowest BCUT2D eigenvalue weighted by atomic mass is 9.94. The summed E-state index contributed by atoms with van der Waals surface area (Å²) in [5.41, 5.74) is 12.9. The SMILES string of the molecule is c1ccc(-c2cccc(-c3ccc(N(c4cc(-c5ccc6ccccc6c5)ccc4-c4ccc5ccccc5c4)c4cccc5ccccc45)cc3)c2)cc1. The van der Waals surface area contributed by atoms with E-state index in [-0.39, 0.29) is 0 Å². The van der Waals surface area contributed by atoms with Crippen molar-refractivity contribution in [3.8, 4) is 44.5 Å². The number of hydrogen-bond donors (Lipinski definition) is 0. The van der Waals surface area contributed by atoms with E-state index in [4.69, 9.17) is 0 Å². The predicted molar refractivity (Wildman–Crippen MR) is 235 cm³/mol. The van der Waals surface area contributed by atoms with Crippen LogP contribution in [0.3, 0.4) is 0 Å². The molecule has 0 aliphatic carbocycles. The topological polar surface area (TPSA) is 3.24 Å². The molecule has 0 aromatic heterocycles. The Kier molecular flexibility index (Phi) is 8.24. The zero-order valence-electron chi connectivity index (χ0n) is 30.3. The van der Waals surface area contributed by atoms with Crippen LogP contribution in [0.15, 0.2) is 224 Å². The molecule has 10 aromatic carbocycles. The molecular weight excluding hydrogens is 663 g/mol. The molecule has 1 heteroatoms. The normalized spacial score (nSPS) is 11.3. The molecule has 0 atom stereocenters. The molecule has 0 amide bonds. The van der Waals surface area contributed by atoms with Crippen LogP contribution in [-0.4, -0.2) is 0 Å². The van der Waals surface area contributed by atoms with Crippen molar-refractivity contribution in [3.05, 3.63) is 224 Å². The van der Waals surface area contributed by atoms with Crippen molar-refractivity contribution in [2.45, 2.75) is 0 Å². The van der Waals surface area contributed by atoms with Gasteiger partial charge in [0, 0.05) is 16.6 Å². The van der Waals surface area contributed by atoms with E-state index < -0.39 is 0 Å². The van der Waals surface area contributed by atoms with Crippen LogP contribution >= 0.6 is 0 Å². The third-order valence-corrected chi connectivity index (χ3v) is 10.8. The van der Waals surface area contributed by atoms with E-state index in [1.807, 2.05) is 0 Å². The molecule has 10 rings (SSSR count). The molecule has 0 N–H and O–H groups in total. The summed E-state index contributed by atoms with van der Waals surface area (Å²) < 4.78 is 0. The number of benzene rings is 10. The smallest absolute Gasteiger partial charge is 0.0546 e. The second-order valence-corrected chi connectivity index (χ2v) is 14.2. The molecule has 0 bridgehead atoms. The average Bonchev–Trinajstić information content (AvgIpc) is 3.27. The Labute approximate surface area is 322 Å². The van der Waals surface area contributed by atoms with Gasteiger partial charge in [0.2, 0.25) is 0 Å². The van der Waals surface area contributed by atoms with Crippen LogP contribution in [0.5, 0.6) is 0 Å². The first kappa shape index (κ1) is 32.4. The zero-order chi connectivity index (χ0) is 36.6. The van der Waals surface area contributed by atoms with Gasteiger partial charge < -0.3 is 4.90 Å². The van der Waals surface area contributed by atoms with Crippen LogP contribution in [-0.2, 0) is 0 Å². The summed E-state index contributed by atoms with van der Waals surface area (Å²) >= 11 is 0. The molecule has 0 aliphatic rings. The average molecular weight is 700 g/mol. The van der Waals surface area contributed by atoms with Gasteiger partial charge in [-0.3, -0.25) is 0 Å². The van der Waals surface area contributed by atoms with Crippen molar-refractivity contribution in [2.24, 2.45) is 0 Å². The van der Waals surface area contributed by atoms with Crippen LogP contribution in [0.1, 0.15) is 0 Å². The first-order chi connectivity index (χ1) is 27.2. The van der Waals surface area contributed by atoms with Crippen LogP contribution in [0.25, 0.3) is 76.8 Å². The molecule has 0 heterocycles. The number of fused-ring (bicyclic) bond motifs is 3. The molecule has 258 valence electrons. The van der Waals surface area contributed by atoms with E-state index >= 15 is 0 Å². The Balaban J connectivity index is 1.18. The number of rotatable bonds is 7. The first-order valence-corrected chi connectivity index (χ1v) is 18.9. The highest BCUT2D eigenvalue weighted by Gasteiger charge is 2.21. The Morgan fingerprint density at radius 2 is 0.709 bits per heavy atom. The van der Waals surface area contributed by atoms with E-state index in [0.29, 0.717) is 0 Å². The summed E-state index contributed by atoms with van der Waals surface area (Å²) in [6, 6.07) is 81.7. The first-order valence-electron chi connectivity index (χ1n) is 18.9. The second-order valence-electron chi connectivity index (χ2n) is 14.2. The van der Waals surface area contributed by atoms with Gasteiger partial charge in [-0.2, -0.15) is 0 Å². The van der Waals surface area contributed by atoms with Gasteiger partial charge in [0.05, 0.1) is 11.4 Å². The Morgan fingerprint density at radius 3 is 1.44 bits per heavy atom. The van der Waals surface area contributed by atoms with Crippen LogP contribution < -0.4 is 4.90 Å². The Bertz CT molecular complexity index is 2970. The van der Waals surface area contributed by atoms with Gasteiger partial charge in [-0.1, -0.05) is 182 Å². The lowest BCUT2D eigenvalue weighted by molar-refractivity contribution is 1.30. The fraction of sp³-hybridized carbons (Fsp3) is 0. The highest BCUT2D eigenvalue weighted by atomic mass is 15.1. The van der Waals surface area contributed by atoms with Gasteiger partial charge in [-0.05, 0) is 108 Å². The highest BCUT2D eigenvalue weighted by molar-refractivity contribution is 6.02. The van der Waals surface area contributed by atoms with Gasteiger partial charge in [-0.15, -0.1) is 0 Å². The monoisotopic (exact) mass is 699 g/mol. The maximum Gasteiger partial charge on any atom is 0.0546 e. The van der Waals surface area contributed by atoms with Crippen molar-refractivity contribution < 1.29 is 0 Å². The van der Waals surface area contributed by atoms with E-state index in [0.717, 1.165) is 17.1 Å². The molecular formula is C54H37N. The minimum Gasteiger partial charge on any atom is -0.309 e. The maximum atomic E-state index is 2.46. The van der Waals surface area contributed by atoms with Gasteiger partial charge in [0.15, 0.2) is 0 Å². The molecule has 0 aliphatic heterocycles. The highest BCUT2D eigenvalue weighted by Crippen LogP contribution is 2.46. The summed E-state index contributed by atoms with van der Waals surface area (Å²) in [5.74, 6) is 0. The van der Waals surface area contributed by atoms with E-state index in [2.05, 4.69) is 229 Å². The van der Waals surface area contributed by atoms with Gasteiger partial charge in [0.25, 0.3) is 0 Å². The molecule has 0 spiro atoms. The Hall–Kier alpha value is -7.22. The van der Waals surface area contributed by atoms with Crippen LogP contribution in [0.4, 0.5) is 17.1 Å². The zero-order valence-corrected chi connectivity index (χ0v) is 30.3. The van der Waals surface area contributed by atoms with Crippen LogP contribution in [0.2, 0.25) is 0 Å². The summed E-state index contributed by atoms with van der Waals surface area (Å²) in [6.07, 6.45) is 0. The summed E-state index contributed by atoms with van der Waals surface area (Å²) in [5, 5.41) is 7.34. The fourth-order valence-electron chi connectivity index (χ4n) is 7.99. The standard InChI is InChI=1S/C54H37N/c1-2-12-38(13-3-1)45-20-10-21-46(34-45)41-28-31-50(32-29-41)55(53-23-11-19-42-16-8-9-22-51(42)53)54-37-48(47-26-24-39-14-4-6-17-43(39)35-47)30-33-52(54)49-27-25-40-15-5-7-18-44(40)36-49/h1-37H. The lowest BCUT2D eigenvalue weighted by Crippen LogP contribution is -2.12. The van der Waals surface area contributed by atoms with Gasteiger partial charge in [-0.25, -0.2) is 0 Å². The predicted octanol–water partition coefficient (Wildman–Crippen LogP) is 15.3. The van der Waals surface area contributed by atoms with E-state index in [1.54, 1.807) is 0 Å². The Morgan fingerprint density at radius 1 is 0.236 bits per heavy atom. The van der Waals surface area contributed by atoms with E-state index in [1.165, 1.54) is 76.8 Å². The minimum atomic E-state index is 1.09. The van der Waals surface area contributed by atoms with Crippen molar-refractivity contribution in [2.75, 3.05) is 4.90 Å². The molecule has 0 saturated carbocycles. The third kappa shape index (κ3) is 6.22. The second kappa shape index (κ2) is 14.0. The number of hydrogen-bond acceptors (Lipinski definition) is 1. The van der Waals surface area contributed by atoms with Crippen molar-refractivity contribution >= 4 is 49.4 Å². The van der Waals surface area contributed by atoms with Crippen molar-refractivity contribution in [3.63, 3.8) is 0 Å². The molecule has 0 fully saturated rings. The third-order valence-electron chi connectivity index (χ3n) is 10.8. The van der Waals surface area contributed by atoms with E-state index in [9.17, 15) is 0 Å². The molecule has 0 unspecified atom stereocenters. The van der Waals surface area contributed by atoms with Crippen molar-refractivity contribution in [1.29, 1.82) is 0 Å². The quantitative estimate of drug-likeness (QED) is 0.160. The summed E-state index contributed by atoms with van der Waals surface area (Å²) in [4.78, 5) is 2.46.